The van der Waals surface area contributed by atoms with Crippen LogP contribution in [-0.2, 0) is 11.3 Å². The number of aryl methyl sites for hydroxylation is 1. The van der Waals surface area contributed by atoms with Crippen molar-refractivity contribution < 1.29 is 9.15 Å². The van der Waals surface area contributed by atoms with Gasteiger partial charge < -0.3 is 14.1 Å². The molecule has 2 aromatic rings. The Morgan fingerprint density at radius 3 is 2.71 bits per heavy atom. The van der Waals surface area contributed by atoms with Crippen molar-refractivity contribution in [3.63, 3.8) is 0 Å². The zero-order chi connectivity index (χ0) is 16.4. The third-order valence-electron chi connectivity index (χ3n) is 5.10. The van der Waals surface area contributed by atoms with Crippen LogP contribution < -0.4 is 4.90 Å². The fourth-order valence-corrected chi connectivity index (χ4v) is 3.71. The Bertz CT molecular complexity index is 648. The van der Waals surface area contributed by atoms with E-state index in [0.717, 1.165) is 63.7 Å². The summed E-state index contributed by atoms with van der Waals surface area (Å²) in [6.07, 6.45) is 5.64. The van der Waals surface area contributed by atoms with Crippen molar-refractivity contribution in [1.29, 1.82) is 0 Å². The van der Waals surface area contributed by atoms with Gasteiger partial charge in [-0.2, -0.15) is 5.10 Å². The van der Waals surface area contributed by atoms with Crippen LogP contribution in [0, 0.1) is 6.92 Å². The van der Waals surface area contributed by atoms with Gasteiger partial charge in [-0.25, -0.2) is 0 Å². The maximum absolute atomic E-state index is 6.23. The topological polar surface area (TPSA) is 54.6 Å². The average Bonchev–Trinajstić information content (AvgIpc) is 3.10. The number of ether oxygens (including phenoxy) is 1. The number of rotatable bonds is 3. The average molecular weight is 328 g/mol. The molecule has 6 nitrogen and oxygen atoms in total. The van der Waals surface area contributed by atoms with Crippen molar-refractivity contribution in [1.82, 2.24) is 15.1 Å². The molecule has 1 spiro atoms. The highest BCUT2D eigenvalue weighted by molar-refractivity contribution is 5.38. The number of morpholine rings is 1. The van der Waals surface area contributed by atoms with Crippen LogP contribution in [-0.4, -0.2) is 53.5 Å². The van der Waals surface area contributed by atoms with Crippen molar-refractivity contribution in [3.8, 4) is 0 Å². The molecule has 0 saturated carbocycles. The van der Waals surface area contributed by atoms with Crippen molar-refractivity contribution >= 4 is 5.82 Å². The molecule has 4 heterocycles. The zero-order valence-corrected chi connectivity index (χ0v) is 14.1. The first-order valence-electron chi connectivity index (χ1n) is 8.65. The Hall–Kier alpha value is -1.92. The molecule has 2 aliphatic rings. The summed E-state index contributed by atoms with van der Waals surface area (Å²) in [6, 6.07) is 6.13. The van der Waals surface area contributed by atoms with Gasteiger partial charge in [0.15, 0.2) is 5.82 Å². The minimum atomic E-state index is -0.0173. The first kappa shape index (κ1) is 15.6. The first-order valence-corrected chi connectivity index (χ1v) is 8.65. The molecular formula is C18H24N4O2. The van der Waals surface area contributed by atoms with Gasteiger partial charge in [-0.15, -0.1) is 5.10 Å². The monoisotopic (exact) mass is 328 g/mol. The predicted molar refractivity (Wildman–Crippen MR) is 90.9 cm³/mol. The first-order chi connectivity index (χ1) is 11.7. The van der Waals surface area contributed by atoms with Crippen molar-refractivity contribution in [2.45, 2.75) is 31.9 Å². The Balaban J connectivity index is 1.37. The Kier molecular flexibility index (Phi) is 4.24. The molecule has 2 aliphatic heterocycles. The van der Waals surface area contributed by atoms with E-state index in [0.29, 0.717) is 0 Å². The summed E-state index contributed by atoms with van der Waals surface area (Å²) >= 11 is 0. The normalized spacial score (nSPS) is 21.3. The molecule has 2 fully saturated rings. The van der Waals surface area contributed by atoms with Crippen LogP contribution in [0.25, 0.3) is 0 Å². The summed E-state index contributed by atoms with van der Waals surface area (Å²) < 4.78 is 11.4. The third-order valence-corrected chi connectivity index (χ3v) is 5.10. The second-order valence-electron chi connectivity index (χ2n) is 6.89. The van der Waals surface area contributed by atoms with E-state index in [9.17, 15) is 0 Å². The summed E-state index contributed by atoms with van der Waals surface area (Å²) in [4.78, 5) is 4.80. The van der Waals surface area contributed by atoms with Gasteiger partial charge in [-0.05, 0) is 38.0 Å². The van der Waals surface area contributed by atoms with Gasteiger partial charge in [0.05, 0.1) is 30.4 Å². The second kappa shape index (κ2) is 6.53. The van der Waals surface area contributed by atoms with E-state index in [1.54, 1.807) is 6.26 Å². The summed E-state index contributed by atoms with van der Waals surface area (Å²) in [5, 5.41) is 8.49. The lowest BCUT2D eigenvalue weighted by molar-refractivity contribution is -0.122. The summed E-state index contributed by atoms with van der Waals surface area (Å²) in [5.74, 6) is 0.974. The number of furan rings is 1. The summed E-state index contributed by atoms with van der Waals surface area (Å²) in [7, 11) is 0. The SMILES string of the molecule is Cc1ccc(N2CCC3(CC2)CN(Cc2ccoc2)CCO3)nn1. The molecule has 0 unspecified atom stereocenters. The summed E-state index contributed by atoms with van der Waals surface area (Å²) in [6.45, 7) is 7.63. The number of aromatic nitrogens is 2. The minimum absolute atomic E-state index is 0.0173. The van der Waals surface area contributed by atoms with E-state index in [4.69, 9.17) is 9.15 Å². The molecule has 0 amide bonds. The van der Waals surface area contributed by atoms with E-state index in [1.807, 2.05) is 25.3 Å². The number of hydrogen-bond donors (Lipinski definition) is 0. The molecule has 0 aliphatic carbocycles. The molecule has 24 heavy (non-hydrogen) atoms. The lowest BCUT2D eigenvalue weighted by atomic mass is 9.89. The number of piperidine rings is 1. The van der Waals surface area contributed by atoms with E-state index in [1.165, 1.54) is 5.56 Å². The van der Waals surface area contributed by atoms with Crippen LogP contribution in [0.2, 0.25) is 0 Å². The molecule has 128 valence electrons. The molecule has 6 heteroatoms. The maximum atomic E-state index is 6.23. The van der Waals surface area contributed by atoms with Gasteiger partial charge in [0.25, 0.3) is 0 Å². The molecule has 4 rings (SSSR count). The zero-order valence-electron chi connectivity index (χ0n) is 14.1. The van der Waals surface area contributed by atoms with Crippen LogP contribution in [0.5, 0.6) is 0 Å². The van der Waals surface area contributed by atoms with Crippen LogP contribution in [0.15, 0.2) is 35.1 Å². The lowest BCUT2D eigenvalue weighted by Gasteiger charge is -2.47. The summed E-state index contributed by atoms with van der Waals surface area (Å²) in [5.41, 5.74) is 2.17. The Morgan fingerprint density at radius 2 is 2.00 bits per heavy atom. The molecule has 2 aromatic heterocycles. The predicted octanol–water partition coefficient (Wildman–Crippen LogP) is 2.25. The van der Waals surface area contributed by atoms with Crippen molar-refractivity contribution in [2.75, 3.05) is 37.7 Å². The smallest absolute Gasteiger partial charge is 0.151 e. The van der Waals surface area contributed by atoms with Gasteiger partial charge in [0.1, 0.15) is 0 Å². The van der Waals surface area contributed by atoms with Gasteiger partial charge in [-0.3, -0.25) is 4.90 Å². The highest BCUT2D eigenvalue weighted by atomic mass is 16.5. The van der Waals surface area contributed by atoms with Crippen LogP contribution in [0.3, 0.4) is 0 Å². The van der Waals surface area contributed by atoms with E-state index >= 15 is 0 Å². The molecular weight excluding hydrogens is 304 g/mol. The molecule has 0 N–H and O–H groups in total. The van der Waals surface area contributed by atoms with Crippen LogP contribution >= 0.6 is 0 Å². The molecule has 0 bridgehead atoms. The molecule has 0 radical (unpaired) electrons. The fourth-order valence-electron chi connectivity index (χ4n) is 3.71. The largest absolute Gasteiger partial charge is 0.472 e. The second-order valence-corrected chi connectivity index (χ2v) is 6.89. The van der Waals surface area contributed by atoms with Crippen LogP contribution in [0.1, 0.15) is 24.1 Å². The van der Waals surface area contributed by atoms with E-state index < -0.39 is 0 Å². The Morgan fingerprint density at radius 1 is 1.12 bits per heavy atom. The third kappa shape index (κ3) is 3.30. The number of nitrogens with zero attached hydrogens (tertiary/aromatic N) is 4. The standard InChI is InChI=1S/C18H24N4O2/c1-15-2-3-17(20-19-15)22-7-5-18(6-8-22)14-21(9-11-24-18)12-16-4-10-23-13-16/h2-4,10,13H,5-9,11-12,14H2,1H3. The maximum Gasteiger partial charge on any atom is 0.151 e. The lowest BCUT2D eigenvalue weighted by Crippen LogP contribution is -2.56. The van der Waals surface area contributed by atoms with Gasteiger partial charge in [0, 0.05) is 38.3 Å². The van der Waals surface area contributed by atoms with Gasteiger partial charge >= 0.3 is 0 Å². The quantitative estimate of drug-likeness (QED) is 0.861. The number of hydrogen-bond acceptors (Lipinski definition) is 6. The highest BCUT2D eigenvalue weighted by Crippen LogP contribution is 2.32. The van der Waals surface area contributed by atoms with Crippen molar-refractivity contribution in [2.24, 2.45) is 0 Å². The minimum Gasteiger partial charge on any atom is -0.472 e. The van der Waals surface area contributed by atoms with Gasteiger partial charge in [-0.1, -0.05) is 0 Å². The van der Waals surface area contributed by atoms with E-state index in [-0.39, 0.29) is 5.60 Å². The van der Waals surface area contributed by atoms with Crippen molar-refractivity contribution in [3.05, 3.63) is 42.0 Å². The number of anilines is 1. The molecule has 0 aromatic carbocycles. The van der Waals surface area contributed by atoms with Crippen LogP contribution in [0.4, 0.5) is 5.82 Å². The molecule has 0 atom stereocenters. The highest BCUT2D eigenvalue weighted by Gasteiger charge is 2.39. The molecule has 2 saturated heterocycles. The van der Waals surface area contributed by atoms with Gasteiger partial charge in [0.2, 0.25) is 0 Å². The fraction of sp³-hybridized carbons (Fsp3) is 0.556. The Labute approximate surface area is 142 Å². The van der Waals surface area contributed by atoms with E-state index in [2.05, 4.69) is 26.1 Å².